The molecule has 3 aromatic rings. The van der Waals surface area contributed by atoms with Gasteiger partial charge >= 0.3 is 0 Å². The number of para-hydroxylation sites is 1. The molecule has 1 saturated heterocycles. The number of carbonyl (C=O) groups excluding carboxylic acids is 2. The number of hydrogen-bond acceptors (Lipinski definition) is 4. The van der Waals surface area contributed by atoms with Gasteiger partial charge in [0.15, 0.2) is 0 Å². The van der Waals surface area contributed by atoms with Crippen LogP contribution in [0.1, 0.15) is 28.8 Å². The van der Waals surface area contributed by atoms with Gasteiger partial charge in [-0.05, 0) is 48.7 Å². The standard InChI is InChI=1S/C22H22FN5O2/c23-19-7-5-17(6-8-19)22(30)27-11-9-16(10-12-27)21(29)26-20-4-2-1-3-18(20)13-28-15-24-14-25-28/h1-8,14-16H,9-13H2,(H,26,29). The number of halogens is 1. The predicted octanol–water partition coefficient (Wildman–Crippen LogP) is 2.96. The van der Waals surface area contributed by atoms with Gasteiger partial charge in [0.1, 0.15) is 18.5 Å². The molecule has 0 bridgehead atoms. The summed E-state index contributed by atoms with van der Waals surface area (Å²) in [4.78, 5) is 31.0. The van der Waals surface area contributed by atoms with Crippen molar-refractivity contribution >= 4 is 17.5 Å². The highest BCUT2D eigenvalue weighted by atomic mass is 19.1. The number of nitrogens with zero attached hydrogens (tertiary/aromatic N) is 4. The third-order valence-electron chi connectivity index (χ3n) is 5.32. The second kappa shape index (κ2) is 8.86. The van der Waals surface area contributed by atoms with Gasteiger partial charge in [-0.25, -0.2) is 14.1 Å². The van der Waals surface area contributed by atoms with E-state index >= 15 is 0 Å². The van der Waals surface area contributed by atoms with Gasteiger partial charge in [-0.3, -0.25) is 9.59 Å². The van der Waals surface area contributed by atoms with Crippen molar-refractivity contribution in [2.75, 3.05) is 18.4 Å². The fourth-order valence-corrected chi connectivity index (χ4v) is 3.62. The molecule has 2 aromatic carbocycles. The van der Waals surface area contributed by atoms with Gasteiger partial charge in [0.25, 0.3) is 5.91 Å². The van der Waals surface area contributed by atoms with E-state index in [4.69, 9.17) is 0 Å². The molecular weight excluding hydrogens is 385 g/mol. The molecule has 1 fully saturated rings. The SMILES string of the molecule is O=C(Nc1ccccc1Cn1cncn1)C1CCN(C(=O)c2ccc(F)cc2)CC1. The highest BCUT2D eigenvalue weighted by Gasteiger charge is 2.28. The molecule has 0 saturated carbocycles. The lowest BCUT2D eigenvalue weighted by Crippen LogP contribution is -2.41. The molecular formula is C22H22FN5O2. The van der Waals surface area contributed by atoms with E-state index in [0.29, 0.717) is 38.0 Å². The van der Waals surface area contributed by atoms with Crippen LogP contribution < -0.4 is 5.32 Å². The Morgan fingerprint density at radius 1 is 1.07 bits per heavy atom. The minimum atomic E-state index is -0.369. The zero-order valence-corrected chi connectivity index (χ0v) is 16.4. The van der Waals surface area contributed by atoms with Crippen molar-refractivity contribution in [3.63, 3.8) is 0 Å². The van der Waals surface area contributed by atoms with Crippen molar-refractivity contribution < 1.29 is 14.0 Å². The van der Waals surface area contributed by atoms with E-state index < -0.39 is 0 Å². The van der Waals surface area contributed by atoms with Crippen LogP contribution in [0.25, 0.3) is 0 Å². The Morgan fingerprint density at radius 2 is 1.80 bits per heavy atom. The minimum absolute atomic E-state index is 0.0464. The maximum atomic E-state index is 13.1. The summed E-state index contributed by atoms with van der Waals surface area (Å²) in [6.07, 6.45) is 4.28. The van der Waals surface area contributed by atoms with Gasteiger partial charge in [-0.1, -0.05) is 18.2 Å². The average molecular weight is 407 g/mol. The van der Waals surface area contributed by atoms with Crippen LogP contribution in [-0.2, 0) is 11.3 Å². The lowest BCUT2D eigenvalue weighted by Gasteiger charge is -2.31. The molecule has 2 amide bonds. The molecule has 0 spiro atoms. The van der Waals surface area contributed by atoms with E-state index in [1.165, 1.54) is 30.6 Å². The van der Waals surface area contributed by atoms with Crippen molar-refractivity contribution in [1.82, 2.24) is 19.7 Å². The molecule has 4 rings (SSSR count). The van der Waals surface area contributed by atoms with Crippen molar-refractivity contribution in [3.05, 3.63) is 78.1 Å². The molecule has 0 aliphatic carbocycles. The lowest BCUT2D eigenvalue weighted by molar-refractivity contribution is -0.121. The Morgan fingerprint density at radius 3 is 2.50 bits per heavy atom. The normalized spacial score (nSPS) is 14.5. The van der Waals surface area contributed by atoms with E-state index in [1.54, 1.807) is 15.9 Å². The van der Waals surface area contributed by atoms with Crippen molar-refractivity contribution in [2.45, 2.75) is 19.4 Å². The number of benzene rings is 2. The summed E-state index contributed by atoms with van der Waals surface area (Å²) in [5, 5.41) is 7.14. The van der Waals surface area contributed by atoms with Crippen LogP contribution in [0.4, 0.5) is 10.1 Å². The highest BCUT2D eigenvalue weighted by molar-refractivity contribution is 5.95. The largest absolute Gasteiger partial charge is 0.339 e. The monoisotopic (exact) mass is 407 g/mol. The summed E-state index contributed by atoms with van der Waals surface area (Å²) in [5.41, 5.74) is 2.16. The van der Waals surface area contributed by atoms with Crippen LogP contribution in [0.15, 0.2) is 61.2 Å². The Labute approximate surface area is 173 Å². The number of piperidine rings is 1. The van der Waals surface area contributed by atoms with E-state index in [-0.39, 0.29) is 23.5 Å². The first-order chi connectivity index (χ1) is 14.6. The number of hydrogen-bond donors (Lipinski definition) is 1. The number of likely N-dealkylation sites (tertiary alicyclic amines) is 1. The average Bonchev–Trinajstić information content (AvgIpc) is 3.28. The molecule has 1 aliphatic heterocycles. The fourth-order valence-electron chi connectivity index (χ4n) is 3.62. The van der Waals surface area contributed by atoms with E-state index in [1.807, 2.05) is 24.3 Å². The summed E-state index contributed by atoms with van der Waals surface area (Å²) in [7, 11) is 0. The fraction of sp³-hybridized carbons (Fsp3) is 0.273. The van der Waals surface area contributed by atoms with E-state index in [2.05, 4.69) is 15.4 Å². The second-order valence-corrected chi connectivity index (χ2v) is 7.31. The molecule has 8 heteroatoms. The molecule has 0 unspecified atom stereocenters. The van der Waals surface area contributed by atoms with Crippen LogP contribution in [-0.4, -0.2) is 44.6 Å². The molecule has 0 radical (unpaired) electrons. The highest BCUT2D eigenvalue weighted by Crippen LogP contribution is 2.23. The Kier molecular flexibility index (Phi) is 5.83. The number of amides is 2. The summed E-state index contributed by atoms with van der Waals surface area (Å²) in [6.45, 7) is 1.50. The summed E-state index contributed by atoms with van der Waals surface area (Å²) in [5.74, 6) is -0.713. The zero-order chi connectivity index (χ0) is 20.9. The van der Waals surface area contributed by atoms with Gasteiger partial charge in [-0.15, -0.1) is 0 Å². The van der Waals surface area contributed by atoms with Crippen LogP contribution in [0.3, 0.4) is 0 Å². The van der Waals surface area contributed by atoms with Crippen molar-refractivity contribution in [1.29, 1.82) is 0 Å². The number of rotatable bonds is 5. The summed E-state index contributed by atoms with van der Waals surface area (Å²) >= 11 is 0. The topological polar surface area (TPSA) is 80.1 Å². The smallest absolute Gasteiger partial charge is 0.253 e. The predicted molar refractivity (Wildman–Crippen MR) is 109 cm³/mol. The number of nitrogens with one attached hydrogen (secondary N) is 1. The molecule has 30 heavy (non-hydrogen) atoms. The lowest BCUT2D eigenvalue weighted by atomic mass is 9.95. The first-order valence-corrected chi connectivity index (χ1v) is 9.86. The second-order valence-electron chi connectivity index (χ2n) is 7.31. The van der Waals surface area contributed by atoms with Crippen molar-refractivity contribution in [2.24, 2.45) is 5.92 Å². The molecule has 7 nitrogen and oxygen atoms in total. The third kappa shape index (κ3) is 4.53. The van der Waals surface area contributed by atoms with Gasteiger partial charge in [0.2, 0.25) is 5.91 Å². The summed E-state index contributed by atoms with van der Waals surface area (Å²) < 4.78 is 14.8. The number of carbonyl (C=O) groups is 2. The van der Waals surface area contributed by atoms with Gasteiger partial charge in [-0.2, -0.15) is 5.10 Å². The zero-order valence-electron chi connectivity index (χ0n) is 16.4. The molecule has 1 aromatic heterocycles. The molecule has 1 aliphatic rings. The van der Waals surface area contributed by atoms with Gasteiger partial charge in [0, 0.05) is 30.3 Å². The van der Waals surface area contributed by atoms with Crippen LogP contribution in [0.5, 0.6) is 0 Å². The number of anilines is 1. The third-order valence-corrected chi connectivity index (χ3v) is 5.32. The Balaban J connectivity index is 1.35. The van der Waals surface area contributed by atoms with E-state index in [0.717, 1.165) is 11.3 Å². The van der Waals surface area contributed by atoms with Gasteiger partial charge in [0.05, 0.1) is 6.54 Å². The molecule has 1 N–H and O–H groups in total. The quantitative estimate of drug-likeness (QED) is 0.705. The first-order valence-electron chi connectivity index (χ1n) is 9.86. The molecule has 0 atom stereocenters. The van der Waals surface area contributed by atoms with Crippen LogP contribution in [0.2, 0.25) is 0 Å². The first kappa shape index (κ1) is 19.8. The van der Waals surface area contributed by atoms with Gasteiger partial charge < -0.3 is 10.2 Å². The van der Waals surface area contributed by atoms with Crippen LogP contribution in [0, 0.1) is 11.7 Å². The minimum Gasteiger partial charge on any atom is -0.339 e. The van der Waals surface area contributed by atoms with Crippen molar-refractivity contribution in [3.8, 4) is 0 Å². The maximum Gasteiger partial charge on any atom is 0.253 e. The molecule has 2 heterocycles. The van der Waals surface area contributed by atoms with Crippen LogP contribution >= 0.6 is 0 Å². The Bertz CT molecular complexity index is 1010. The number of aromatic nitrogens is 3. The molecule has 154 valence electrons. The Hall–Kier alpha value is -3.55. The summed E-state index contributed by atoms with van der Waals surface area (Å²) in [6, 6.07) is 13.2. The van der Waals surface area contributed by atoms with E-state index in [9.17, 15) is 14.0 Å². The maximum absolute atomic E-state index is 13.1.